The molecule has 0 saturated heterocycles. The van der Waals surface area contributed by atoms with E-state index in [0.717, 1.165) is 0 Å². The third-order valence-corrected chi connectivity index (χ3v) is 3.31. The predicted octanol–water partition coefficient (Wildman–Crippen LogP) is 1.76. The molecule has 1 rings (SSSR count). The molecule has 0 spiro atoms. The van der Waals surface area contributed by atoms with Crippen molar-refractivity contribution in [3.8, 4) is 0 Å². The van der Waals surface area contributed by atoms with Crippen LogP contribution >= 0.6 is 0 Å². The smallest absolute Gasteiger partial charge is 0.408 e. The molecule has 0 radical (unpaired) electrons. The predicted molar refractivity (Wildman–Crippen MR) is 69.1 cm³/mol. The minimum absolute atomic E-state index is 0.228. The first kappa shape index (κ1) is 17.6. The van der Waals surface area contributed by atoms with Crippen LogP contribution in [0.3, 0.4) is 0 Å². The number of nitrogens with one attached hydrogen (secondary N) is 1. The number of rotatable bonds is 5. The second kappa shape index (κ2) is 6.13. The van der Waals surface area contributed by atoms with Crippen molar-refractivity contribution >= 4 is 12.1 Å². The number of ether oxygens (including phenoxy) is 1. The van der Waals surface area contributed by atoms with Crippen LogP contribution in [0.5, 0.6) is 0 Å². The van der Waals surface area contributed by atoms with Gasteiger partial charge in [0.15, 0.2) is 6.10 Å². The molecule has 0 aliphatic heterocycles. The van der Waals surface area contributed by atoms with E-state index in [4.69, 9.17) is 9.84 Å². The van der Waals surface area contributed by atoms with Crippen LogP contribution in [0.1, 0.15) is 40.0 Å². The van der Waals surface area contributed by atoms with E-state index in [-0.39, 0.29) is 12.8 Å². The number of aliphatic hydroxyl groups excluding tert-OH is 1. The third kappa shape index (κ3) is 4.52. The first-order valence-electron chi connectivity index (χ1n) is 6.73. The van der Waals surface area contributed by atoms with Gasteiger partial charge in [0.25, 0.3) is 5.92 Å². The lowest BCUT2D eigenvalue weighted by Crippen LogP contribution is -2.61. The number of aliphatic carboxylic acids is 1. The summed E-state index contributed by atoms with van der Waals surface area (Å²) in [5, 5.41) is 20.0. The Bertz CT molecular complexity index is 404. The first-order chi connectivity index (χ1) is 9.45. The van der Waals surface area contributed by atoms with E-state index in [1.807, 2.05) is 0 Å². The van der Waals surface area contributed by atoms with Crippen molar-refractivity contribution in [2.24, 2.45) is 5.92 Å². The second-order valence-corrected chi connectivity index (χ2v) is 6.21. The largest absolute Gasteiger partial charge is 0.479 e. The van der Waals surface area contributed by atoms with Gasteiger partial charge in [-0.25, -0.2) is 18.4 Å². The molecule has 1 fully saturated rings. The number of carbonyl (C=O) groups is 2. The molecule has 2 unspecified atom stereocenters. The molecule has 1 aliphatic rings. The van der Waals surface area contributed by atoms with Crippen molar-refractivity contribution < 1.29 is 33.3 Å². The average molecular weight is 309 g/mol. The van der Waals surface area contributed by atoms with Crippen molar-refractivity contribution in [1.82, 2.24) is 5.32 Å². The Morgan fingerprint density at radius 2 is 1.81 bits per heavy atom. The Labute approximate surface area is 121 Å². The van der Waals surface area contributed by atoms with E-state index in [1.54, 1.807) is 26.1 Å². The number of carboxylic acid groups (broad SMARTS) is 1. The minimum Gasteiger partial charge on any atom is -0.479 e. The molecular formula is C13H21F2NO5. The van der Waals surface area contributed by atoms with Gasteiger partial charge in [-0.05, 0) is 33.6 Å². The molecule has 122 valence electrons. The fourth-order valence-corrected chi connectivity index (χ4v) is 2.01. The highest BCUT2D eigenvalue weighted by molar-refractivity contribution is 5.75. The van der Waals surface area contributed by atoms with Crippen molar-refractivity contribution in [3.05, 3.63) is 0 Å². The Kier molecular flexibility index (Phi) is 5.14. The SMILES string of the molecule is CC(C)(C)OC(=O)NC(C(O)C(=O)O)C(F)(F)C1CCC1. The topological polar surface area (TPSA) is 95.9 Å². The van der Waals surface area contributed by atoms with Gasteiger partial charge >= 0.3 is 12.1 Å². The standard InChI is InChI=1S/C13H21F2NO5/c1-12(2,3)21-11(20)16-9(8(17)10(18)19)13(14,15)7-5-4-6-7/h7-9,17H,4-6H2,1-3H3,(H,16,20)(H,18,19). The van der Waals surface area contributed by atoms with Crippen LogP contribution in [-0.2, 0) is 9.53 Å². The van der Waals surface area contributed by atoms with Crippen LogP contribution in [0.2, 0.25) is 0 Å². The second-order valence-electron chi connectivity index (χ2n) is 6.21. The molecule has 0 aromatic heterocycles. The molecule has 0 aromatic rings. The van der Waals surface area contributed by atoms with Crippen LogP contribution in [0.15, 0.2) is 0 Å². The van der Waals surface area contributed by atoms with Gasteiger partial charge in [0.1, 0.15) is 11.6 Å². The molecule has 0 aromatic carbocycles. The molecular weight excluding hydrogens is 288 g/mol. The highest BCUT2D eigenvalue weighted by Crippen LogP contribution is 2.42. The number of aliphatic hydroxyl groups is 1. The van der Waals surface area contributed by atoms with Crippen LogP contribution in [0.25, 0.3) is 0 Å². The molecule has 3 N–H and O–H groups in total. The fourth-order valence-electron chi connectivity index (χ4n) is 2.01. The van der Waals surface area contributed by atoms with Crippen LogP contribution in [-0.4, -0.2) is 45.9 Å². The van der Waals surface area contributed by atoms with E-state index < -0.39 is 41.6 Å². The van der Waals surface area contributed by atoms with Crippen molar-refractivity contribution in [3.63, 3.8) is 0 Å². The number of alkyl halides is 2. The summed E-state index contributed by atoms with van der Waals surface area (Å²) in [6.45, 7) is 4.62. The summed E-state index contributed by atoms with van der Waals surface area (Å²) in [5.41, 5.74) is -0.922. The van der Waals surface area contributed by atoms with Crippen molar-refractivity contribution in [1.29, 1.82) is 0 Å². The number of alkyl carbamates (subject to hydrolysis) is 1. The van der Waals surface area contributed by atoms with Gasteiger partial charge in [-0.3, -0.25) is 0 Å². The Hall–Kier alpha value is -1.44. The molecule has 1 saturated carbocycles. The summed E-state index contributed by atoms with van der Waals surface area (Å²) in [5.74, 6) is -6.39. The minimum atomic E-state index is -3.52. The summed E-state index contributed by atoms with van der Waals surface area (Å²) >= 11 is 0. The summed E-state index contributed by atoms with van der Waals surface area (Å²) in [6.07, 6.45) is -2.53. The summed E-state index contributed by atoms with van der Waals surface area (Å²) in [7, 11) is 0. The lowest BCUT2D eigenvalue weighted by Gasteiger charge is -2.39. The zero-order chi connectivity index (χ0) is 16.4. The number of carboxylic acids is 1. The lowest BCUT2D eigenvalue weighted by atomic mass is 9.76. The van der Waals surface area contributed by atoms with Gasteiger partial charge in [-0.2, -0.15) is 0 Å². The normalized spacial score (nSPS) is 19.3. The zero-order valence-corrected chi connectivity index (χ0v) is 12.2. The van der Waals surface area contributed by atoms with Gasteiger partial charge in [-0.1, -0.05) is 6.42 Å². The van der Waals surface area contributed by atoms with Crippen LogP contribution in [0, 0.1) is 5.92 Å². The van der Waals surface area contributed by atoms with E-state index in [1.165, 1.54) is 0 Å². The lowest BCUT2D eigenvalue weighted by molar-refractivity contribution is -0.168. The zero-order valence-electron chi connectivity index (χ0n) is 12.2. The number of hydrogen-bond donors (Lipinski definition) is 3. The quantitative estimate of drug-likeness (QED) is 0.719. The van der Waals surface area contributed by atoms with Crippen molar-refractivity contribution in [2.75, 3.05) is 0 Å². The van der Waals surface area contributed by atoms with E-state index >= 15 is 0 Å². The molecule has 1 amide bonds. The van der Waals surface area contributed by atoms with Gasteiger partial charge in [-0.15, -0.1) is 0 Å². The van der Waals surface area contributed by atoms with Gasteiger partial charge in [0, 0.05) is 5.92 Å². The highest BCUT2D eigenvalue weighted by atomic mass is 19.3. The Morgan fingerprint density at radius 1 is 1.29 bits per heavy atom. The maximum Gasteiger partial charge on any atom is 0.408 e. The first-order valence-corrected chi connectivity index (χ1v) is 6.73. The molecule has 21 heavy (non-hydrogen) atoms. The maximum atomic E-state index is 14.2. The number of amides is 1. The molecule has 1 aliphatic carbocycles. The molecule has 6 nitrogen and oxygen atoms in total. The summed E-state index contributed by atoms with van der Waals surface area (Å²) < 4.78 is 33.3. The Morgan fingerprint density at radius 3 is 2.14 bits per heavy atom. The van der Waals surface area contributed by atoms with Crippen LogP contribution < -0.4 is 5.32 Å². The van der Waals surface area contributed by atoms with Crippen molar-refractivity contribution in [2.45, 2.75) is 63.7 Å². The van der Waals surface area contributed by atoms with Gasteiger partial charge in [0.2, 0.25) is 0 Å². The average Bonchev–Trinajstić information content (AvgIpc) is 2.18. The van der Waals surface area contributed by atoms with E-state index in [9.17, 15) is 23.5 Å². The third-order valence-electron chi connectivity index (χ3n) is 3.31. The van der Waals surface area contributed by atoms with Gasteiger partial charge in [0.05, 0.1) is 0 Å². The van der Waals surface area contributed by atoms with E-state index in [2.05, 4.69) is 0 Å². The molecule has 2 atom stereocenters. The van der Waals surface area contributed by atoms with Crippen LogP contribution in [0.4, 0.5) is 13.6 Å². The molecule has 0 bridgehead atoms. The fraction of sp³-hybridized carbons (Fsp3) is 0.846. The monoisotopic (exact) mass is 309 g/mol. The molecule has 0 heterocycles. The maximum absolute atomic E-state index is 14.2. The summed E-state index contributed by atoms with van der Waals surface area (Å²) in [6, 6.07) is -2.23. The summed E-state index contributed by atoms with van der Waals surface area (Å²) in [4.78, 5) is 22.4. The molecule has 8 heteroatoms. The highest BCUT2D eigenvalue weighted by Gasteiger charge is 2.54. The Balaban J connectivity index is 2.87. The van der Waals surface area contributed by atoms with E-state index in [0.29, 0.717) is 6.42 Å². The number of carbonyl (C=O) groups excluding carboxylic acids is 1. The number of halogens is 2. The number of hydrogen-bond acceptors (Lipinski definition) is 4. The van der Waals surface area contributed by atoms with Gasteiger partial charge < -0.3 is 20.3 Å².